The highest BCUT2D eigenvalue weighted by Gasteiger charge is 2.19. The van der Waals surface area contributed by atoms with Gasteiger partial charge in [-0.15, -0.1) is 0 Å². The van der Waals surface area contributed by atoms with E-state index in [2.05, 4.69) is 16.0 Å². The van der Waals surface area contributed by atoms with Gasteiger partial charge in [0.1, 0.15) is 0 Å². The summed E-state index contributed by atoms with van der Waals surface area (Å²) in [4.78, 5) is 37.2. The molecular weight excluding hydrogens is 390 g/mol. The predicted molar refractivity (Wildman–Crippen MR) is 122 cm³/mol. The van der Waals surface area contributed by atoms with Crippen LogP contribution < -0.4 is 16.0 Å². The monoisotopic (exact) mass is 421 g/mol. The molecule has 0 spiro atoms. The summed E-state index contributed by atoms with van der Waals surface area (Å²) in [5, 5.41) is 8.14. The van der Waals surface area contributed by atoms with Crippen molar-refractivity contribution in [1.82, 2.24) is 10.6 Å². The maximum atomic E-state index is 12.7. The smallest absolute Gasteiger partial charge is 0.313 e. The molecule has 0 aliphatic heterocycles. The number of hydrogen-bond donors (Lipinski definition) is 3. The average Bonchev–Trinajstić information content (AvgIpc) is 2.78. The predicted octanol–water partition coefficient (Wildman–Crippen LogP) is 3.95. The first-order valence-corrected chi connectivity index (χ1v) is 11.0. The van der Waals surface area contributed by atoms with Crippen LogP contribution in [0.4, 0.5) is 5.69 Å². The van der Waals surface area contributed by atoms with E-state index in [0.29, 0.717) is 30.3 Å². The Kier molecular flexibility index (Phi) is 8.21. The van der Waals surface area contributed by atoms with Crippen molar-refractivity contribution < 1.29 is 14.4 Å². The van der Waals surface area contributed by atoms with Crippen molar-refractivity contribution in [2.24, 2.45) is 5.92 Å². The Balaban J connectivity index is 1.52. The molecule has 0 atom stereocenters. The van der Waals surface area contributed by atoms with Gasteiger partial charge in [-0.3, -0.25) is 14.4 Å². The quantitative estimate of drug-likeness (QED) is 0.592. The Hall–Kier alpha value is -3.15. The summed E-state index contributed by atoms with van der Waals surface area (Å²) >= 11 is 0. The molecule has 0 bridgehead atoms. The van der Waals surface area contributed by atoms with Crippen LogP contribution in [-0.4, -0.2) is 24.3 Å². The Labute approximate surface area is 183 Å². The highest BCUT2D eigenvalue weighted by molar-refractivity contribution is 6.40. The normalized spacial score (nSPS) is 14.0. The number of para-hydroxylation sites is 1. The van der Waals surface area contributed by atoms with E-state index in [1.807, 2.05) is 31.2 Å². The van der Waals surface area contributed by atoms with Gasteiger partial charge in [0.2, 0.25) is 0 Å². The second-order valence-corrected chi connectivity index (χ2v) is 8.22. The Bertz CT molecular complexity index is 920. The molecule has 2 aromatic rings. The van der Waals surface area contributed by atoms with Crippen molar-refractivity contribution in [3.8, 4) is 0 Å². The van der Waals surface area contributed by atoms with Crippen LogP contribution in [0, 0.1) is 12.8 Å². The molecule has 0 unspecified atom stereocenters. The number of aryl methyl sites for hydroxylation is 1. The number of anilines is 1. The lowest BCUT2D eigenvalue weighted by Gasteiger charge is -2.21. The fourth-order valence-electron chi connectivity index (χ4n) is 4.01. The Morgan fingerprint density at radius 3 is 2.45 bits per heavy atom. The third kappa shape index (κ3) is 6.95. The number of amides is 3. The number of benzene rings is 2. The van der Waals surface area contributed by atoms with Crippen molar-refractivity contribution in [2.45, 2.75) is 52.0 Å². The molecule has 0 saturated heterocycles. The van der Waals surface area contributed by atoms with Crippen molar-refractivity contribution in [2.75, 3.05) is 11.9 Å². The molecule has 0 radical (unpaired) electrons. The summed E-state index contributed by atoms with van der Waals surface area (Å²) < 4.78 is 0. The second-order valence-electron chi connectivity index (χ2n) is 8.22. The van der Waals surface area contributed by atoms with Gasteiger partial charge in [0, 0.05) is 13.1 Å². The minimum Gasteiger partial charge on any atom is -0.348 e. The lowest BCUT2D eigenvalue weighted by atomic mass is 9.87. The van der Waals surface area contributed by atoms with Crippen LogP contribution in [0.3, 0.4) is 0 Å². The molecule has 1 saturated carbocycles. The van der Waals surface area contributed by atoms with Crippen LogP contribution in [0.25, 0.3) is 0 Å². The van der Waals surface area contributed by atoms with Gasteiger partial charge in [-0.1, -0.05) is 74.1 Å². The minimum atomic E-state index is -0.762. The topological polar surface area (TPSA) is 87.3 Å². The molecule has 1 aliphatic rings. The van der Waals surface area contributed by atoms with Crippen LogP contribution in [0.5, 0.6) is 0 Å². The van der Waals surface area contributed by atoms with E-state index in [4.69, 9.17) is 0 Å². The molecular formula is C25H31N3O3. The standard InChI is InChI=1S/C25H31N3O3/c1-18-8-7-11-20(16-18)17-27-23(29)21-12-5-6-13-22(21)28-25(31)24(30)26-15-14-19-9-3-2-4-10-19/h5-8,11-13,16,19H,2-4,9-10,14-15,17H2,1H3,(H,26,30)(H,27,29)(H,28,31). The van der Waals surface area contributed by atoms with Crippen LogP contribution in [0.1, 0.15) is 60.0 Å². The van der Waals surface area contributed by atoms with Gasteiger partial charge in [0.15, 0.2) is 0 Å². The first-order chi connectivity index (χ1) is 15.0. The summed E-state index contributed by atoms with van der Waals surface area (Å²) in [6, 6.07) is 14.6. The summed E-state index contributed by atoms with van der Waals surface area (Å²) in [6.45, 7) is 2.87. The molecule has 6 nitrogen and oxygen atoms in total. The third-order valence-electron chi connectivity index (χ3n) is 5.72. The fraction of sp³-hybridized carbons (Fsp3) is 0.400. The Morgan fingerprint density at radius 1 is 0.903 bits per heavy atom. The molecule has 2 aromatic carbocycles. The fourth-order valence-corrected chi connectivity index (χ4v) is 4.01. The first kappa shape index (κ1) is 22.5. The zero-order valence-corrected chi connectivity index (χ0v) is 18.1. The molecule has 1 fully saturated rings. The van der Waals surface area contributed by atoms with E-state index in [9.17, 15) is 14.4 Å². The van der Waals surface area contributed by atoms with Gasteiger partial charge in [-0.05, 0) is 37.0 Å². The summed E-state index contributed by atoms with van der Waals surface area (Å²) in [7, 11) is 0. The van der Waals surface area contributed by atoms with E-state index in [1.165, 1.54) is 32.1 Å². The SMILES string of the molecule is Cc1cccc(CNC(=O)c2ccccc2NC(=O)C(=O)NCCC2CCCCC2)c1. The Morgan fingerprint density at radius 2 is 1.68 bits per heavy atom. The van der Waals surface area contributed by atoms with Gasteiger partial charge >= 0.3 is 11.8 Å². The van der Waals surface area contributed by atoms with Crippen LogP contribution in [0.2, 0.25) is 0 Å². The molecule has 31 heavy (non-hydrogen) atoms. The van der Waals surface area contributed by atoms with Gasteiger partial charge < -0.3 is 16.0 Å². The molecule has 3 N–H and O–H groups in total. The molecule has 3 rings (SSSR count). The lowest BCUT2D eigenvalue weighted by Crippen LogP contribution is -2.37. The lowest BCUT2D eigenvalue weighted by molar-refractivity contribution is -0.136. The van der Waals surface area contributed by atoms with Crippen LogP contribution >= 0.6 is 0 Å². The van der Waals surface area contributed by atoms with Gasteiger partial charge in [0.05, 0.1) is 11.3 Å². The van der Waals surface area contributed by atoms with Crippen LogP contribution in [0.15, 0.2) is 48.5 Å². The van der Waals surface area contributed by atoms with Gasteiger partial charge in [-0.2, -0.15) is 0 Å². The molecule has 1 aliphatic carbocycles. The molecule has 6 heteroatoms. The van der Waals surface area contributed by atoms with Crippen molar-refractivity contribution in [1.29, 1.82) is 0 Å². The van der Waals surface area contributed by atoms with E-state index in [-0.39, 0.29) is 5.91 Å². The maximum absolute atomic E-state index is 12.7. The highest BCUT2D eigenvalue weighted by Crippen LogP contribution is 2.25. The summed E-state index contributed by atoms with van der Waals surface area (Å²) in [5.74, 6) is -1.11. The van der Waals surface area contributed by atoms with E-state index >= 15 is 0 Å². The molecule has 0 aromatic heterocycles. The number of carbonyl (C=O) groups is 3. The minimum absolute atomic E-state index is 0.310. The van der Waals surface area contributed by atoms with Crippen molar-refractivity contribution in [3.63, 3.8) is 0 Å². The third-order valence-corrected chi connectivity index (χ3v) is 5.72. The van der Waals surface area contributed by atoms with Gasteiger partial charge in [-0.25, -0.2) is 0 Å². The van der Waals surface area contributed by atoms with Crippen molar-refractivity contribution >= 4 is 23.4 Å². The van der Waals surface area contributed by atoms with Crippen LogP contribution in [-0.2, 0) is 16.1 Å². The average molecular weight is 422 g/mol. The molecule has 3 amide bonds. The van der Waals surface area contributed by atoms with E-state index in [1.54, 1.807) is 24.3 Å². The summed E-state index contributed by atoms with van der Waals surface area (Å²) in [5.41, 5.74) is 2.75. The van der Waals surface area contributed by atoms with Crippen molar-refractivity contribution in [3.05, 3.63) is 65.2 Å². The summed E-state index contributed by atoms with van der Waals surface area (Å²) in [6.07, 6.45) is 7.10. The first-order valence-electron chi connectivity index (χ1n) is 11.0. The molecule has 0 heterocycles. The van der Waals surface area contributed by atoms with E-state index < -0.39 is 11.8 Å². The zero-order chi connectivity index (χ0) is 22.1. The largest absolute Gasteiger partial charge is 0.348 e. The number of hydrogen-bond acceptors (Lipinski definition) is 3. The maximum Gasteiger partial charge on any atom is 0.313 e. The zero-order valence-electron chi connectivity index (χ0n) is 18.1. The number of nitrogens with one attached hydrogen (secondary N) is 3. The second kappa shape index (κ2) is 11.3. The molecule has 164 valence electrons. The van der Waals surface area contributed by atoms with Gasteiger partial charge in [0.25, 0.3) is 5.91 Å². The number of carbonyl (C=O) groups excluding carboxylic acids is 3. The highest BCUT2D eigenvalue weighted by atomic mass is 16.2. The number of rotatable bonds is 7. The van der Waals surface area contributed by atoms with E-state index in [0.717, 1.165) is 17.5 Å².